The van der Waals surface area contributed by atoms with Gasteiger partial charge in [-0.3, -0.25) is 0 Å². The highest BCUT2D eigenvalue weighted by molar-refractivity contribution is 5.94. The zero-order valence-electron chi connectivity index (χ0n) is 20.1. The van der Waals surface area contributed by atoms with Crippen molar-refractivity contribution < 1.29 is 17.9 Å². The van der Waals surface area contributed by atoms with Crippen molar-refractivity contribution in [2.24, 2.45) is 16.5 Å². The molecular formula is C25H30F3N7O. The van der Waals surface area contributed by atoms with Gasteiger partial charge in [0.25, 0.3) is 0 Å². The molecule has 4 N–H and O–H groups in total. The highest BCUT2D eigenvalue weighted by Crippen LogP contribution is 2.35. The van der Waals surface area contributed by atoms with E-state index < -0.39 is 23.1 Å². The average Bonchev–Trinajstić information content (AvgIpc) is 3.25. The quantitative estimate of drug-likeness (QED) is 0.262. The number of allylic oxidation sites excluding steroid dienone is 1. The maximum atomic E-state index is 15.3. The molecule has 0 radical (unpaired) electrons. The van der Waals surface area contributed by atoms with Gasteiger partial charge in [-0.2, -0.15) is 8.78 Å². The van der Waals surface area contributed by atoms with Gasteiger partial charge in [0.1, 0.15) is 17.2 Å². The van der Waals surface area contributed by atoms with Crippen molar-refractivity contribution in [1.82, 2.24) is 19.5 Å². The van der Waals surface area contributed by atoms with Crippen molar-refractivity contribution in [3.8, 4) is 0 Å². The van der Waals surface area contributed by atoms with Crippen LogP contribution >= 0.6 is 0 Å². The van der Waals surface area contributed by atoms with Crippen molar-refractivity contribution in [3.05, 3.63) is 71.1 Å². The summed E-state index contributed by atoms with van der Waals surface area (Å²) in [7, 11) is 0. The first-order chi connectivity index (χ1) is 17.2. The van der Waals surface area contributed by atoms with Gasteiger partial charge >= 0.3 is 5.92 Å². The lowest BCUT2D eigenvalue weighted by Gasteiger charge is -2.26. The summed E-state index contributed by atoms with van der Waals surface area (Å²) in [5, 5.41) is 4.04. The summed E-state index contributed by atoms with van der Waals surface area (Å²) in [6.45, 7) is 5.48. The molecule has 0 spiro atoms. The Bertz CT molecular complexity index is 1240. The summed E-state index contributed by atoms with van der Waals surface area (Å²) >= 11 is 0. The van der Waals surface area contributed by atoms with Crippen molar-refractivity contribution in [1.29, 1.82) is 0 Å². The van der Waals surface area contributed by atoms with Crippen LogP contribution in [0.5, 0.6) is 0 Å². The molecule has 3 aromatic rings. The van der Waals surface area contributed by atoms with Crippen molar-refractivity contribution >= 4 is 17.2 Å². The summed E-state index contributed by atoms with van der Waals surface area (Å²) in [6.07, 6.45) is 6.69. The number of likely N-dealkylation sites (tertiary alicyclic amines) is 1. The normalized spacial score (nSPS) is 16.1. The van der Waals surface area contributed by atoms with E-state index in [4.69, 9.17) is 16.2 Å². The Labute approximate surface area is 207 Å². The van der Waals surface area contributed by atoms with Crippen LogP contribution in [0.15, 0.2) is 53.3 Å². The molecule has 0 bridgehead atoms. The number of fused-ring (bicyclic) bond motifs is 1. The minimum atomic E-state index is -3.60. The SMILES string of the molecule is C/C(N)=C/C(N)=Nc1nc(C(F)(F)c2ccc(F)cc2)nn2cc(COCCN3CCCCC3)cc12. The Balaban J connectivity index is 1.62. The Kier molecular flexibility index (Phi) is 7.90. The first-order valence-electron chi connectivity index (χ1n) is 11.8. The molecule has 0 amide bonds. The maximum absolute atomic E-state index is 15.3. The summed E-state index contributed by atoms with van der Waals surface area (Å²) in [5.41, 5.74) is 12.7. The van der Waals surface area contributed by atoms with E-state index in [0.717, 1.165) is 49.5 Å². The molecular weight excluding hydrogens is 471 g/mol. The molecule has 0 atom stereocenters. The molecule has 4 rings (SSSR count). The van der Waals surface area contributed by atoms with Crippen molar-refractivity contribution in [2.45, 2.75) is 38.7 Å². The van der Waals surface area contributed by atoms with E-state index in [1.165, 1.54) is 29.9 Å². The van der Waals surface area contributed by atoms with Crippen LogP contribution in [0.3, 0.4) is 0 Å². The van der Waals surface area contributed by atoms with Crippen molar-refractivity contribution in [2.75, 3.05) is 26.2 Å². The third kappa shape index (κ3) is 6.21. The molecule has 1 aliphatic heterocycles. The highest BCUT2D eigenvalue weighted by Gasteiger charge is 2.39. The number of ether oxygens (including phenoxy) is 1. The van der Waals surface area contributed by atoms with Crippen LogP contribution in [0.4, 0.5) is 19.0 Å². The lowest BCUT2D eigenvalue weighted by atomic mass is 10.1. The fourth-order valence-electron chi connectivity index (χ4n) is 4.07. The van der Waals surface area contributed by atoms with Crippen LogP contribution in [0.2, 0.25) is 0 Å². The number of halogens is 3. The van der Waals surface area contributed by atoms with Crippen LogP contribution in [0.1, 0.15) is 43.1 Å². The Morgan fingerprint density at radius 1 is 1.17 bits per heavy atom. The van der Waals surface area contributed by atoms with Gasteiger partial charge < -0.3 is 21.1 Å². The van der Waals surface area contributed by atoms with E-state index in [2.05, 4.69) is 20.0 Å². The van der Waals surface area contributed by atoms with Crippen LogP contribution in [0, 0.1) is 5.82 Å². The van der Waals surface area contributed by atoms with Crippen LogP contribution in [-0.2, 0) is 17.3 Å². The summed E-state index contributed by atoms with van der Waals surface area (Å²) in [4.78, 5) is 10.6. The van der Waals surface area contributed by atoms with E-state index in [1.54, 1.807) is 19.2 Å². The zero-order valence-corrected chi connectivity index (χ0v) is 20.1. The number of rotatable bonds is 9. The minimum absolute atomic E-state index is 0.00665. The van der Waals surface area contributed by atoms with Crippen LogP contribution in [0.25, 0.3) is 5.52 Å². The lowest BCUT2D eigenvalue weighted by molar-refractivity contribution is 0.0315. The molecule has 192 valence electrons. The molecule has 0 unspecified atom stereocenters. The summed E-state index contributed by atoms with van der Waals surface area (Å²) in [5.74, 6) is -5.06. The van der Waals surface area contributed by atoms with E-state index >= 15 is 8.78 Å². The largest absolute Gasteiger partial charge is 0.402 e. The molecule has 0 aliphatic carbocycles. The number of nitrogens with two attached hydrogens (primary N) is 2. The van der Waals surface area contributed by atoms with Crippen LogP contribution < -0.4 is 11.5 Å². The fourth-order valence-corrected chi connectivity index (χ4v) is 4.07. The molecule has 8 nitrogen and oxygen atoms in total. The predicted molar refractivity (Wildman–Crippen MR) is 132 cm³/mol. The standard InChI is InChI=1S/C25H30F3N7O/c1-17(29)13-22(30)31-23-21-14-18(16-36-12-11-34-9-3-2-4-10-34)15-35(21)33-24(32-23)25(27,28)19-5-7-20(26)8-6-19/h5-8,13-15H,2-4,9-12,16,29H2,1H3,(H2,30,31,32,33)/b17-13-. The second kappa shape index (κ2) is 11.1. The van der Waals surface area contributed by atoms with Gasteiger partial charge in [-0.15, -0.1) is 5.10 Å². The molecule has 36 heavy (non-hydrogen) atoms. The number of alkyl halides is 2. The highest BCUT2D eigenvalue weighted by atomic mass is 19.3. The molecule has 1 saturated heterocycles. The van der Waals surface area contributed by atoms with Gasteiger partial charge in [-0.1, -0.05) is 6.42 Å². The minimum Gasteiger partial charge on any atom is -0.402 e. The topological polar surface area (TPSA) is 107 Å². The molecule has 11 heteroatoms. The summed E-state index contributed by atoms with van der Waals surface area (Å²) in [6, 6.07) is 5.65. The van der Waals surface area contributed by atoms with Gasteiger partial charge in [0.15, 0.2) is 5.82 Å². The van der Waals surface area contributed by atoms with Gasteiger partial charge in [-0.05, 0) is 74.8 Å². The second-order valence-corrected chi connectivity index (χ2v) is 8.90. The number of amidine groups is 1. The molecule has 1 aromatic carbocycles. The van der Waals surface area contributed by atoms with Crippen molar-refractivity contribution in [3.63, 3.8) is 0 Å². The zero-order chi connectivity index (χ0) is 25.7. The number of hydrogen-bond donors (Lipinski definition) is 2. The van der Waals surface area contributed by atoms with Gasteiger partial charge in [-0.25, -0.2) is 18.9 Å². The first-order valence-corrected chi connectivity index (χ1v) is 11.8. The molecule has 0 saturated carbocycles. The molecule has 1 fully saturated rings. The van der Waals surface area contributed by atoms with E-state index in [-0.39, 0.29) is 18.3 Å². The fraction of sp³-hybridized carbons (Fsp3) is 0.400. The van der Waals surface area contributed by atoms with Gasteiger partial charge in [0.05, 0.1) is 13.2 Å². The number of hydrogen-bond acceptors (Lipinski definition) is 6. The molecule has 3 heterocycles. The van der Waals surface area contributed by atoms with Gasteiger partial charge in [0, 0.05) is 24.0 Å². The number of piperidine rings is 1. The lowest BCUT2D eigenvalue weighted by Crippen LogP contribution is -2.32. The third-order valence-electron chi connectivity index (χ3n) is 5.87. The predicted octanol–water partition coefficient (Wildman–Crippen LogP) is 3.86. The molecule has 2 aromatic heterocycles. The third-order valence-corrected chi connectivity index (χ3v) is 5.87. The Hall–Kier alpha value is -3.44. The Morgan fingerprint density at radius 3 is 2.58 bits per heavy atom. The molecule has 1 aliphatic rings. The monoisotopic (exact) mass is 501 g/mol. The number of aliphatic imine (C=N–C) groups is 1. The first kappa shape index (κ1) is 25.6. The number of aromatic nitrogens is 3. The van der Waals surface area contributed by atoms with Crippen LogP contribution in [-0.4, -0.2) is 51.6 Å². The average molecular weight is 502 g/mol. The Morgan fingerprint density at radius 2 is 1.89 bits per heavy atom. The second-order valence-electron chi connectivity index (χ2n) is 8.90. The van der Waals surface area contributed by atoms with E-state index in [0.29, 0.717) is 17.8 Å². The maximum Gasteiger partial charge on any atom is 0.333 e. The summed E-state index contributed by atoms with van der Waals surface area (Å²) < 4.78 is 51.0. The van der Waals surface area contributed by atoms with E-state index in [1.807, 2.05) is 0 Å². The smallest absolute Gasteiger partial charge is 0.333 e. The number of nitrogens with zero attached hydrogens (tertiary/aromatic N) is 5. The van der Waals surface area contributed by atoms with E-state index in [9.17, 15) is 4.39 Å². The van der Waals surface area contributed by atoms with Gasteiger partial charge in [0.2, 0.25) is 5.82 Å². The number of benzene rings is 1.